The number of thiophene rings is 1. The van der Waals surface area contributed by atoms with Crippen molar-refractivity contribution in [2.24, 2.45) is 0 Å². The summed E-state index contributed by atoms with van der Waals surface area (Å²) in [7, 11) is 5.86. The van der Waals surface area contributed by atoms with Crippen LogP contribution in [0.5, 0.6) is 17.2 Å². The molecule has 4 aromatic rings. The zero-order valence-electron chi connectivity index (χ0n) is 22.4. The van der Waals surface area contributed by atoms with E-state index in [4.69, 9.17) is 18.9 Å². The number of anilines is 1. The zero-order chi connectivity index (χ0) is 28.8. The number of ether oxygens (including phenoxy) is 4. The summed E-state index contributed by atoms with van der Waals surface area (Å²) in [5.74, 6) is 0.661. The highest BCUT2D eigenvalue weighted by molar-refractivity contribution is 7.99. The quantitative estimate of drug-likeness (QED) is 0.183. The maximum absolute atomic E-state index is 13.4. The molecule has 2 aromatic heterocycles. The third kappa shape index (κ3) is 5.89. The van der Waals surface area contributed by atoms with Gasteiger partial charge in [-0.05, 0) is 36.8 Å². The first-order valence-corrected chi connectivity index (χ1v) is 13.8. The molecule has 0 saturated heterocycles. The summed E-state index contributed by atoms with van der Waals surface area (Å²) in [6.45, 7) is 2.49. The number of carbonyl (C=O) groups is 2. The first-order valence-electron chi connectivity index (χ1n) is 12.0. The minimum absolute atomic E-state index is 0.0117. The van der Waals surface area contributed by atoms with Crippen LogP contribution in [-0.4, -0.2) is 60.8 Å². The highest BCUT2D eigenvalue weighted by atomic mass is 32.2. The molecule has 0 unspecified atom stereocenters. The number of nitrogens with zero attached hydrogens (tertiary/aromatic N) is 3. The van der Waals surface area contributed by atoms with Crippen LogP contribution in [0, 0.1) is 5.82 Å². The van der Waals surface area contributed by atoms with Gasteiger partial charge in [-0.1, -0.05) is 23.9 Å². The van der Waals surface area contributed by atoms with Gasteiger partial charge >= 0.3 is 5.97 Å². The van der Waals surface area contributed by atoms with Gasteiger partial charge in [0, 0.05) is 23.1 Å². The van der Waals surface area contributed by atoms with Gasteiger partial charge in [-0.25, -0.2) is 9.18 Å². The number of aromatic nitrogens is 3. The summed E-state index contributed by atoms with van der Waals surface area (Å²) in [5, 5.41) is 14.0. The highest BCUT2D eigenvalue weighted by Gasteiger charge is 2.23. The van der Waals surface area contributed by atoms with Crippen LogP contribution in [0.3, 0.4) is 0 Å². The normalized spacial score (nSPS) is 10.8. The molecule has 13 heteroatoms. The maximum atomic E-state index is 13.4. The monoisotopic (exact) mass is 586 g/mol. The van der Waals surface area contributed by atoms with Crippen molar-refractivity contribution in [2.45, 2.75) is 18.6 Å². The number of hydrogen-bond acceptors (Lipinski definition) is 10. The second-order valence-corrected chi connectivity index (χ2v) is 9.98. The van der Waals surface area contributed by atoms with Gasteiger partial charge in [0.1, 0.15) is 16.4 Å². The Bertz CT molecular complexity index is 1490. The molecule has 40 heavy (non-hydrogen) atoms. The predicted molar refractivity (Wildman–Crippen MR) is 151 cm³/mol. The van der Waals surface area contributed by atoms with Crippen molar-refractivity contribution in [1.82, 2.24) is 14.8 Å². The molecule has 1 N–H and O–H groups in total. The molecule has 2 heterocycles. The van der Waals surface area contributed by atoms with Crippen molar-refractivity contribution in [3.05, 3.63) is 53.2 Å². The number of hydrogen-bond donors (Lipinski definition) is 1. The summed E-state index contributed by atoms with van der Waals surface area (Å²) >= 11 is 2.39. The molecule has 0 saturated carbocycles. The Labute approximate surface area is 238 Å². The third-order valence-corrected chi connectivity index (χ3v) is 7.74. The molecule has 0 atom stereocenters. The van der Waals surface area contributed by atoms with Crippen LogP contribution in [-0.2, 0) is 16.1 Å². The molecule has 0 spiro atoms. The lowest BCUT2D eigenvalue weighted by Gasteiger charge is -2.14. The van der Waals surface area contributed by atoms with Crippen molar-refractivity contribution in [3.8, 4) is 39.8 Å². The lowest BCUT2D eigenvalue weighted by Crippen LogP contribution is -2.16. The van der Waals surface area contributed by atoms with Crippen LogP contribution in [0.1, 0.15) is 17.3 Å². The number of benzene rings is 2. The predicted octanol–water partition coefficient (Wildman–Crippen LogP) is 5.38. The van der Waals surface area contributed by atoms with Crippen LogP contribution in [0.4, 0.5) is 9.39 Å². The van der Waals surface area contributed by atoms with E-state index < -0.39 is 11.8 Å². The fraction of sp³-hybridized carbons (Fsp3) is 0.259. The fourth-order valence-corrected chi connectivity index (χ4v) is 5.77. The minimum atomic E-state index is -0.607. The second kappa shape index (κ2) is 12.8. The molecular formula is C27H27FN4O6S2. The maximum Gasteiger partial charge on any atom is 0.341 e. The molecule has 4 rings (SSSR count). The van der Waals surface area contributed by atoms with Crippen LogP contribution in [0.2, 0.25) is 0 Å². The van der Waals surface area contributed by atoms with E-state index >= 15 is 0 Å². The summed E-state index contributed by atoms with van der Waals surface area (Å²) in [5.41, 5.74) is 2.08. The number of carbonyl (C=O) groups excluding carboxylic acids is 2. The van der Waals surface area contributed by atoms with E-state index in [1.54, 1.807) is 29.6 Å². The van der Waals surface area contributed by atoms with Crippen molar-refractivity contribution in [2.75, 3.05) is 39.5 Å². The standard InChI is InChI=1S/C27H27FN4O6S2/c1-6-32-24(16-11-19(35-2)23(37-4)20(12-16)36-3)30-31-27(32)40-14-21(33)29-25-22(26(34)38-5)18(13-39-25)15-7-9-17(28)10-8-15/h7-13H,6,14H2,1-5H3,(H,29,33). The molecule has 1 amide bonds. The minimum Gasteiger partial charge on any atom is -0.493 e. The molecule has 10 nitrogen and oxygen atoms in total. The SMILES string of the molecule is CCn1c(SCC(=O)Nc2scc(-c3ccc(F)cc3)c2C(=O)OC)nnc1-c1cc(OC)c(OC)c(OC)c1. The lowest BCUT2D eigenvalue weighted by molar-refractivity contribution is -0.113. The zero-order valence-corrected chi connectivity index (χ0v) is 24.1. The fourth-order valence-electron chi connectivity index (χ4n) is 3.99. The number of thioether (sulfide) groups is 1. The van der Waals surface area contributed by atoms with E-state index in [2.05, 4.69) is 15.5 Å². The first kappa shape index (κ1) is 28.9. The summed E-state index contributed by atoms with van der Waals surface area (Å²) < 4.78 is 36.5. The average Bonchev–Trinajstić information content (AvgIpc) is 3.59. The van der Waals surface area contributed by atoms with Crippen LogP contribution < -0.4 is 19.5 Å². The Morgan fingerprint density at radius 3 is 2.25 bits per heavy atom. The lowest BCUT2D eigenvalue weighted by atomic mass is 10.0. The van der Waals surface area contributed by atoms with Crippen molar-refractivity contribution < 1.29 is 32.9 Å². The third-order valence-electron chi connectivity index (χ3n) is 5.88. The van der Waals surface area contributed by atoms with E-state index in [9.17, 15) is 14.0 Å². The largest absolute Gasteiger partial charge is 0.493 e. The van der Waals surface area contributed by atoms with Gasteiger partial charge in [0.15, 0.2) is 22.5 Å². The van der Waals surface area contributed by atoms with E-state index in [0.29, 0.717) is 56.5 Å². The van der Waals surface area contributed by atoms with Gasteiger partial charge in [0.25, 0.3) is 0 Å². The average molecular weight is 587 g/mol. The van der Waals surface area contributed by atoms with Crippen LogP contribution in [0.15, 0.2) is 46.9 Å². The van der Waals surface area contributed by atoms with Gasteiger partial charge in [-0.15, -0.1) is 21.5 Å². The molecule has 210 valence electrons. The van der Waals surface area contributed by atoms with E-state index in [0.717, 1.165) is 0 Å². The number of halogens is 1. The molecular weight excluding hydrogens is 559 g/mol. The number of esters is 1. The van der Waals surface area contributed by atoms with Crippen LogP contribution in [0.25, 0.3) is 22.5 Å². The van der Waals surface area contributed by atoms with Gasteiger partial charge < -0.3 is 28.8 Å². The number of nitrogens with one attached hydrogen (secondary N) is 1. The Morgan fingerprint density at radius 2 is 1.68 bits per heavy atom. The van der Waals surface area contributed by atoms with Crippen molar-refractivity contribution >= 4 is 40.0 Å². The van der Waals surface area contributed by atoms with Gasteiger partial charge in [-0.2, -0.15) is 0 Å². The van der Waals surface area contributed by atoms with E-state index in [-0.39, 0.29) is 17.2 Å². The topological polar surface area (TPSA) is 114 Å². The smallest absolute Gasteiger partial charge is 0.341 e. The van der Waals surface area contributed by atoms with Gasteiger partial charge in [0.2, 0.25) is 11.7 Å². The van der Waals surface area contributed by atoms with Crippen molar-refractivity contribution in [1.29, 1.82) is 0 Å². The molecule has 0 aliphatic heterocycles. The number of amides is 1. The first-order chi connectivity index (χ1) is 19.3. The number of methoxy groups -OCH3 is 4. The van der Waals surface area contributed by atoms with Crippen LogP contribution >= 0.6 is 23.1 Å². The van der Waals surface area contributed by atoms with Gasteiger partial charge in [-0.3, -0.25) is 4.79 Å². The molecule has 2 aromatic carbocycles. The Morgan fingerprint density at radius 1 is 1.00 bits per heavy atom. The molecule has 0 bridgehead atoms. The summed E-state index contributed by atoms with van der Waals surface area (Å²) in [6, 6.07) is 9.30. The Balaban J connectivity index is 1.54. The Kier molecular flexibility index (Phi) is 9.27. The summed E-state index contributed by atoms with van der Waals surface area (Å²) in [6.07, 6.45) is 0. The van der Waals surface area contributed by atoms with E-state index in [1.165, 1.54) is 63.7 Å². The van der Waals surface area contributed by atoms with Gasteiger partial charge in [0.05, 0.1) is 34.2 Å². The van der Waals surface area contributed by atoms with Crippen molar-refractivity contribution in [3.63, 3.8) is 0 Å². The Hall–Kier alpha value is -4.10. The molecule has 0 aliphatic carbocycles. The number of rotatable bonds is 11. The summed E-state index contributed by atoms with van der Waals surface area (Å²) in [4.78, 5) is 25.5. The van der Waals surface area contributed by atoms with E-state index in [1.807, 2.05) is 11.5 Å². The second-order valence-electron chi connectivity index (χ2n) is 8.15. The molecule has 0 aliphatic rings. The molecule has 0 fully saturated rings. The highest BCUT2D eigenvalue weighted by Crippen LogP contribution is 2.41. The molecule has 0 radical (unpaired) electrons.